The first-order chi connectivity index (χ1) is 19.3. The van der Waals surface area contributed by atoms with Gasteiger partial charge in [-0.25, -0.2) is 15.0 Å². The molecule has 11 heteroatoms. The van der Waals surface area contributed by atoms with Gasteiger partial charge in [-0.05, 0) is 43.0 Å². The normalized spacial score (nSPS) is 16.6. The fourth-order valence-corrected chi connectivity index (χ4v) is 4.23. The minimum Gasteiger partial charge on any atom is -0.488 e. The molecule has 2 aliphatic rings. The van der Waals surface area contributed by atoms with Crippen molar-refractivity contribution in [1.82, 2.24) is 19.9 Å². The van der Waals surface area contributed by atoms with Gasteiger partial charge in [0, 0.05) is 19.2 Å². The number of allylic oxidation sites excluding steroid dienone is 4. The van der Waals surface area contributed by atoms with Gasteiger partial charge in [0.05, 0.1) is 16.6 Å². The Kier molecular flexibility index (Phi) is 8.20. The van der Waals surface area contributed by atoms with Crippen molar-refractivity contribution in [1.29, 1.82) is 0 Å². The van der Waals surface area contributed by atoms with Gasteiger partial charge in [-0.15, -0.1) is 0 Å². The number of alkyl halides is 3. The molecule has 0 spiro atoms. The van der Waals surface area contributed by atoms with Crippen molar-refractivity contribution in [3.8, 4) is 11.4 Å². The largest absolute Gasteiger partial charge is 0.488 e. The van der Waals surface area contributed by atoms with Gasteiger partial charge in [0.2, 0.25) is 5.90 Å². The Morgan fingerprint density at radius 2 is 2.00 bits per heavy atom. The van der Waals surface area contributed by atoms with Crippen molar-refractivity contribution in [3.05, 3.63) is 77.7 Å². The summed E-state index contributed by atoms with van der Waals surface area (Å²) in [6.45, 7) is 4.70. The predicted octanol–water partition coefficient (Wildman–Crippen LogP) is 6.86. The van der Waals surface area contributed by atoms with Crippen LogP contribution in [0.5, 0.6) is 0 Å². The van der Waals surface area contributed by atoms with Crippen LogP contribution in [0.15, 0.2) is 71.3 Å². The monoisotopic (exact) mass is 551 g/mol. The highest BCUT2D eigenvalue weighted by molar-refractivity contribution is 5.91. The number of ether oxygens (including phenoxy) is 3. The number of halogens is 3. The highest BCUT2D eigenvalue weighted by Crippen LogP contribution is 2.36. The zero-order valence-electron chi connectivity index (χ0n) is 22.1. The lowest BCUT2D eigenvalue weighted by molar-refractivity contribution is -0.137. The van der Waals surface area contributed by atoms with E-state index >= 15 is 0 Å². The molecule has 0 saturated carbocycles. The molecule has 0 atom stereocenters. The fourth-order valence-electron chi connectivity index (χ4n) is 4.23. The highest BCUT2D eigenvalue weighted by atomic mass is 19.4. The number of hydrogen-bond acceptors (Lipinski definition) is 8. The van der Waals surface area contributed by atoms with Crippen molar-refractivity contribution < 1.29 is 27.4 Å². The number of rotatable bonds is 8. The Labute approximate surface area is 229 Å². The molecule has 208 valence electrons. The lowest BCUT2D eigenvalue weighted by Gasteiger charge is -2.19. The van der Waals surface area contributed by atoms with Crippen molar-refractivity contribution >= 4 is 22.7 Å². The third-order valence-electron chi connectivity index (χ3n) is 6.03. The molecular formula is C29H28F3N5O3. The zero-order chi connectivity index (χ0) is 28.1. The summed E-state index contributed by atoms with van der Waals surface area (Å²) in [6, 6.07) is 5.26. The molecule has 4 heterocycles. The number of fused-ring (bicyclic) bond motifs is 1. The summed E-state index contributed by atoms with van der Waals surface area (Å²) < 4.78 is 58.3. The topological polar surface area (TPSA) is 91.6 Å². The lowest BCUT2D eigenvalue weighted by atomic mass is 10.0. The quantitative estimate of drug-likeness (QED) is 0.302. The van der Waals surface area contributed by atoms with Crippen LogP contribution in [0.1, 0.15) is 44.5 Å². The van der Waals surface area contributed by atoms with E-state index in [4.69, 9.17) is 14.2 Å². The van der Waals surface area contributed by atoms with Crippen LogP contribution < -0.4 is 0 Å². The van der Waals surface area contributed by atoms with E-state index in [1.54, 1.807) is 12.3 Å². The Morgan fingerprint density at radius 3 is 2.77 bits per heavy atom. The molecule has 5 rings (SSSR count). The number of aromatic nitrogens is 4. The van der Waals surface area contributed by atoms with E-state index in [9.17, 15) is 13.2 Å². The molecule has 0 fully saturated rings. The molecule has 3 aromatic rings. The van der Waals surface area contributed by atoms with Crippen LogP contribution in [-0.2, 0) is 27.0 Å². The van der Waals surface area contributed by atoms with Crippen LogP contribution >= 0.6 is 0 Å². The van der Waals surface area contributed by atoms with Gasteiger partial charge in [-0.1, -0.05) is 37.6 Å². The van der Waals surface area contributed by atoms with E-state index < -0.39 is 11.7 Å². The maximum atomic E-state index is 13.7. The van der Waals surface area contributed by atoms with E-state index in [2.05, 4.69) is 37.1 Å². The molecule has 1 aliphatic heterocycles. The molecule has 1 aliphatic carbocycles. The summed E-state index contributed by atoms with van der Waals surface area (Å²) in [4.78, 5) is 22.0. The average molecular weight is 552 g/mol. The Balaban J connectivity index is 1.51. The fraction of sp³-hybridized carbons (Fsp3) is 0.345. The first-order valence-corrected chi connectivity index (χ1v) is 12.9. The standard InChI is InChI=1S/C29H28F3N5O3/c1-18(2)14-38-16-24-35-27-21(10-11-23(34-27)26-22(29(30,31)32)9-6-12-33-26)28(36-24)37-25-17-39-15-20(40-25)13-19-7-4-3-5-8-19/h3-4,6-7,9-12,15,18H,5,8,13-14,16-17H2,1-2H3. The van der Waals surface area contributed by atoms with Gasteiger partial charge < -0.3 is 14.2 Å². The molecule has 0 bridgehead atoms. The maximum absolute atomic E-state index is 13.7. The summed E-state index contributed by atoms with van der Waals surface area (Å²) in [7, 11) is 0. The number of pyridine rings is 2. The molecule has 0 amide bonds. The van der Waals surface area contributed by atoms with Crippen molar-refractivity contribution in [2.24, 2.45) is 10.9 Å². The van der Waals surface area contributed by atoms with E-state index in [0.717, 1.165) is 18.9 Å². The Morgan fingerprint density at radius 1 is 1.12 bits per heavy atom. The Hall–Kier alpha value is -4.12. The lowest BCUT2D eigenvalue weighted by Crippen LogP contribution is -2.17. The van der Waals surface area contributed by atoms with E-state index in [1.807, 2.05) is 19.9 Å². The van der Waals surface area contributed by atoms with Crippen molar-refractivity contribution in [2.75, 3.05) is 13.2 Å². The summed E-state index contributed by atoms with van der Waals surface area (Å²) >= 11 is 0. The summed E-state index contributed by atoms with van der Waals surface area (Å²) in [5, 5.41) is 0.438. The minimum absolute atomic E-state index is 0.0315. The Bertz CT molecular complexity index is 1510. The van der Waals surface area contributed by atoms with Crippen LogP contribution in [0.2, 0.25) is 0 Å². The van der Waals surface area contributed by atoms with Crippen molar-refractivity contribution in [2.45, 2.75) is 45.9 Å². The molecule has 40 heavy (non-hydrogen) atoms. The van der Waals surface area contributed by atoms with Crippen molar-refractivity contribution in [3.63, 3.8) is 0 Å². The molecule has 0 unspecified atom stereocenters. The van der Waals surface area contributed by atoms with Crippen LogP contribution in [0, 0.1) is 5.92 Å². The number of aliphatic imine (C=N–C) groups is 1. The first kappa shape index (κ1) is 27.4. The first-order valence-electron chi connectivity index (χ1n) is 12.9. The molecule has 3 aromatic heterocycles. The number of nitrogens with zero attached hydrogens (tertiary/aromatic N) is 5. The smallest absolute Gasteiger partial charge is 0.418 e. The molecule has 0 radical (unpaired) electrons. The van der Waals surface area contributed by atoms with E-state index in [1.165, 1.54) is 23.9 Å². The summed E-state index contributed by atoms with van der Waals surface area (Å²) in [5.41, 5.74) is 0.253. The van der Waals surface area contributed by atoms with Gasteiger partial charge in [-0.3, -0.25) is 4.98 Å². The van der Waals surface area contributed by atoms with Crippen LogP contribution in [-0.4, -0.2) is 39.0 Å². The SMILES string of the molecule is CC(C)COCc1nc(N=C2COC=C(CC3=CC=CCC3)O2)c2ccc(-c3ncccc3C(F)(F)F)nc2n1. The third kappa shape index (κ3) is 6.71. The van der Waals surface area contributed by atoms with E-state index in [-0.39, 0.29) is 36.1 Å². The van der Waals surface area contributed by atoms with Crippen LogP contribution in [0.4, 0.5) is 19.0 Å². The number of hydrogen-bond donors (Lipinski definition) is 0. The second-order valence-corrected chi connectivity index (χ2v) is 9.81. The second kappa shape index (κ2) is 12.0. The predicted molar refractivity (Wildman–Crippen MR) is 143 cm³/mol. The van der Waals surface area contributed by atoms with Gasteiger partial charge in [0.25, 0.3) is 0 Å². The molecule has 8 nitrogen and oxygen atoms in total. The molecule has 0 aromatic carbocycles. The molecule has 0 saturated heterocycles. The summed E-state index contributed by atoms with van der Waals surface area (Å²) in [5.74, 6) is 1.76. The van der Waals surface area contributed by atoms with E-state index in [0.29, 0.717) is 41.8 Å². The minimum atomic E-state index is -4.59. The van der Waals surface area contributed by atoms with Gasteiger partial charge in [0.15, 0.2) is 23.9 Å². The van der Waals surface area contributed by atoms with Gasteiger partial charge in [-0.2, -0.15) is 18.2 Å². The van der Waals surface area contributed by atoms with Crippen LogP contribution in [0.25, 0.3) is 22.4 Å². The second-order valence-electron chi connectivity index (χ2n) is 9.81. The highest BCUT2D eigenvalue weighted by Gasteiger charge is 2.34. The zero-order valence-corrected chi connectivity index (χ0v) is 22.1. The maximum Gasteiger partial charge on any atom is 0.418 e. The molecular weight excluding hydrogens is 523 g/mol. The average Bonchev–Trinajstić information content (AvgIpc) is 2.93. The molecule has 0 N–H and O–H groups in total. The van der Waals surface area contributed by atoms with Crippen LogP contribution in [0.3, 0.4) is 0 Å². The van der Waals surface area contributed by atoms with Gasteiger partial charge in [0.1, 0.15) is 24.3 Å². The van der Waals surface area contributed by atoms with Gasteiger partial charge >= 0.3 is 6.18 Å². The summed E-state index contributed by atoms with van der Waals surface area (Å²) in [6.07, 6.45) is 7.01. The third-order valence-corrected chi connectivity index (χ3v) is 6.03.